The summed E-state index contributed by atoms with van der Waals surface area (Å²) in [6.45, 7) is 0.671. The van der Waals surface area contributed by atoms with Crippen molar-refractivity contribution in [3.63, 3.8) is 0 Å². The van der Waals surface area contributed by atoms with Crippen molar-refractivity contribution in [2.75, 3.05) is 7.05 Å². The third kappa shape index (κ3) is 2.05. The summed E-state index contributed by atoms with van der Waals surface area (Å²) >= 11 is 0. The standard InChI is InChI=1S/C14H16N2O/c1-16(14(17)10-6-7-10)9-12-8-11-4-2-3-5-13(11)15-12/h2-5,8,10,15H,6-7,9H2,1H3. The maximum Gasteiger partial charge on any atom is 0.225 e. The Balaban J connectivity index is 1.77. The molecule has 1 aromatic heterocycles. The average molecular weight is 228 g/mol. The van der Waals surface area contributed by atoms with Crippen LogP contribution < -0.4 is 0 Å². The first-order chi connectivity index (χ1) is 8.24. The van der Waals surface area contributed by atoms with Crippen LogP contribution >= 0.6 is 0 Å². The first kappa shape index (κ1) is 10.4. The number of aromatic amines is 1. The van der Waals surface area contributed by atoms with E-state index in [1.807, 2.05) is 24.1 Å². The summed E-state index contributed by atoms with van der Waals surface area (Å²) < 4.78 is 0. The normalized spacial score (nSPS) is 15.1. The molecule has 0 radical (unpaired) electrons. The number of carbonyl (C=O) groups excluding carboxylic acids is 1. The van der Waals surface area contributed by atoms with E-state index in [0.29, 0.717) is 12.5 Å². The van der Waals surface area contributed by atoms with Gasteiger partial charge in [0.25, 0.3) is 0 Å². The van der Waals surface area contributed by atoms with Crippen LogP contribution in [0.2, 0.25) is 0 Å². The molecule has 0 unspecified atom stereocenters. The predicted octanol–water partition coefficient (Wildman–Crippen LogP) is 2.54. The number of carbonyl (C=O) groups is 1. The molecule has 3 nitrogen and oxygen atoms in total. The van der Waals surface area contributed by atoms with E-state index in [2.05, 4.69) is 23.2 Å². The first-order valence-electron chi connectivity index (χ1n) is 6.05. The molecule has 1 aliphatic carbocycles. The fourth-order valence-corrected chi connectivity index (χ4v) is 2.19. The molecule has 0 aliphatic heterocycles. The topological polar surface area (TPSA) is 36.1 Å². The maximum absolute atomic E-state index is 11.8. The summed E-state index contributed by atoms with van der Waals surface area (Å²) in [5.74, 6) is 0.577. The molecule has 1 heterocycles. The van der Waals surface area contributed by atoms with E-state index >= 15 is 0 Å². The Labute approximate surface area is 100 Å². The number of para-hydroxylation sites is 1. The lowest BCUT2D eigenvalue weighted by Gasteiger charge is -2.15. The van der Waals surface area contributed by atoms with Crippen LogP contribution in [0.15, 0.2) is 30.3 Å². The van der Waals surface area contributed by atoms with E-state index in [9.17, 15) is 4.79 Å². The van der Waals surface area contributed by atoms with Gasteiger partial charge in [-0.2, -0.15) is 0 Å². The lowest BCUT2D eigenvalue weighted by molar-refractivity contribution is -0.131. The second-order valence-corrected chi connectivity index (χ2v) is 4.85. The highest BCUT2D eigenvalue weighted by molar-refractivity contribution is 5.82. The van der Waals surface area contributed by atoms with E-state index in [0.717, 1.165) is 24.1 Å². The largest absolute Gasteiger partial charge is 0.357 e. The minimum atomic E-state index is 0.281. The first-order valence-corrected chi connectivity index (χ1v) is 6.05. The van der Waals surface area contributed by atoms with Crippen LogP contribution in [0.25, 0.3) is 10.9 Å². The van der Waals surface area contributed by atoms with Gasteiger partial charge in [0.1, 0.15) is 0 Å². The van der Waals surface area contributed by atoms with Crippen molar-refractivity contribution in [3.05, 3.63) is 36.0 Å². The van der Waals surface area contributed by atoms with Crippen LogP contribution in [0.5, 0.6) is 0 Å². The van der Waals surface area contributed by atoms with Crippen LogP contribution in [-0.4, -0.2) is 22.8 Å². The number of hydrogen-bond donors (Lipinski definition) is 1. The number of nitrogens with one attached hydrogen (secondary N) is 1. The van der Waals surface area contributed by atoms with Gasteiger partial charge in [0.15, 0.2) is 0 Å². The van der Waals surface area contributed by atoms with E-state index in [4.69, 9.17) is 0 Å². The number of nitrogens with zero attached hydrogens (tertiary/aromatic N) is 1. The van der Waals surface area contributed by atoms with E-state index in [-0.39, 0.29) is 5.91 Å². The van der Waals surface area contributed by atoms with Gasteiger partial charge >= 0.3 is 0 Å². The fraction of sp³-hybridized carbons (Fsp3) is 0.357. The third-order valence-corrected chi connectivity index (χ3v) is 3.30. The van der Waals surface area contributed by atoms with Gasteiger partial charge in [-0.25, -0.2) is 0 Å². The molecular weight excluding hydrogens is 212 g/mol. The van der Waals surface area contributed by atoms with Crippen LogP contribution in [-0.2, 0) is 11.3 Å². The highest BCUT2D eigenvalue weighted by Crippen LogP contribution is 2.31. The van der Waals surface area contributed by atoms with Crippen molar-refractivity contribution in [1.29, 1.82) is 0 Å². The molecule has 1 aromatic carbocycles. The molecule has 3 rings (SSSR count). The van der Waals surface area contributed by atoms with Crippen LogP contribution in [0, 0.1) is 5.92 Å². The van der Waals surface area contributed by atoms with Gasteiger partial charge in [-0.3, -0.25) is 4.79 Å². The smallest absolute Gasteiger partial charge is 0.225 e. The lowest BCUT2D eigenvalue weighted by atomic mass is 10.2. The van der Waals surface area contributed by atoms with Gasteiger partial charge < -0.3 is 9.88 Å². The molecule has 0 bridgehead atoms. The Hall–Kier alpha value is -1.77. The Morgan fingerprint density at radius 3 is 2.88 bits per heavy atom. The average Bonchev–Trinajstić information content (AvgIpc) is 3.08. The Bertz CT molecular complexity index is 521. The maximum atomic E-state index is 11.8. The van der Waals surface area contributed by atoms with E-state index in [1.165, 1.54) is 5.39 Å². The summed E-state index contributed by atoms with van der Waals surface area (Å²) in [5, 5.41) is 1.20. The van der Waals surface area contributed by atoms with Crippen LogP contribution in [0.4, 0.5) is 0 Å². The second-order valence-electron chi connectivity index (χ2n) is 4.85. The lowest BCUT2D eigenvalue weighted by Crippen LogP contribution is -2.27. The zero-order chi connectivity index (χ0) is 11.8. The molecule has 0 spiro atoms. The number of amides is 1. The van der Waals surface area contributed by atoms with Crippen molar-refractivity contribution in [1.82, 2.24) is 9.88 Å². The van der Waals surface area contributed by atoms with Gasteiger partial charge in [0.2, 0.25) is 5.91 Å². The zero-order valence-corrected chi connectivity index (χ0v) is 9.94. The van der Waals surface area contributed by atoms with Gasteiger partial charge in [-0.15, -0.1) is 0 Å². The molecule has 0 atom stereocenters. The minimum Gasteiger partial charge on any atom is -0.357 e. The summed E-state index contributed by atoms with van der Waals surface area (Å²) in [7, 11) is 1.88. The quantitative estimate of drug-likeness (QED) is 0.861. The van der Waals surface area contributed by atoms with Crippen molar-refractivity contribution in [2.45, 2.75) is 19.4 Å². The second kappa shape index (κ2) is 3.91. The number of aromatic nitrogens is 1. The molecule has 1 fully saturated rings. The fourth-order valence-electron chi connectivity index (χ4n) is 2.19. The Morgan fingerprint density at radius 1 is 1.41 bits per heavy atom. The molecular formula is C14H16N2O. The molecule has 88 valence electrons. The number of hydrogen-bond acceptors (Lipinski definition) is 1. The van der Waals surface area contributed by atoms with Crippen molar-refractivity contribution in [3.8, 4) is 0 Å². The minimum absolute atomic E-state index is 0.281. The highest BCUT2D eigenvalue weighted by atomic mass is 16.2. The molecule has 17 heavy (non-hydrogen) atoms. The van der Waals surface area contributed by atoms with Crippen molar-refractivity contribution < 1.29 is 4.79 Å². The Morgan fingerprint density at radius 2 is 2.18 bits per heavy atom. The third-order valence-electron chi connectivity index (χ3n) is 3.30. The Kier molecular flexibility index (Phi) is 2.39. The van der Waals surface area contributed by atoms with Crippen LogP contribution in [0.3, 0.4) is 0 Å². The van der Waals surface area contributed by atoms with Gasteiger partial charge in [-0.1, -0.05) is 18.2 Å². The number of H-pyrrole nitrogens is 1. The molecule has 3 heteroatoms. The summed E-state index contributed by atoms with van der Waals surface area (Å²) in [5.41, 5.74) is 2.23. The van der Waals surface area contributed by atoms with E-state index in [1.54, 1.807) is 0 Å². The van der Waals surface area contributed by atoms with Gasteiger partial charge in [0, 0.05) is 24.2 Å². The molecule has 1 amide bonds. The van der Waals surface area contributed by atoms with Crippen LogP contribution in [0.1, 0.15) is 18.5 Å². The number of benzene rings is 1. The molecule has 0 saturated heterocycles. The highest BCUT2D eigenvalue weighted by Gasteiger charge is 2.31. The van der Waals surface area contributed by atoms with Gasteiger partial charge in [-0.05, 0) is 30.4 Å². The number of fused-ring (bicyclic) bond motifs is 1. The molecule has 1 saturated carbocycles. The summed E-state index contributed by atoms with van der Waals surface area (Å²) in [6, 6.07) is 10.3. The van der Waals surface area contributed by atoms with Crippen molar-refractivity contribution in [2.24, 2.45) is 5.92 Å². The van der Waals surface area contributed by atoms with Gasteiger partial charge in [0.05, 0.1) is 6.54 Å². The SMILES string of the molecule is CN(Cc1cc2ccccc2[nH]1)C(=O)C1CC1. The molecule has 2 aromatic rings. The predicted molar refractivity (Wildman–Crippen MR) is 67.5 cm³/mol. The monoisotopic (exact) mass is 228 g/mol. The number of rotatable bonds is 3. The molecule has 1 aliphatic rings. The summed E-state index contributed by atoms with van der Waals surface area (Å²) in [4.78, 5) is 17.0. The molecule has 1 N–H and O–H groups in total. The van der Waals surface area contributed by atoms with E-state index < -0.39 is 0 Å². The van der Waals surface area contributed by atoms with Crippen molar-refractivity contribution >= 4 is 16.8 Å². The zero-order valence-electron chi connectivity index (χ0n) is 9.94. The summed E-state index contributed by atoms with van der Waals surface area (Å²) in [6.07, 6.45) is 2.13.